The van der Waals surface area contributed by atoms with Gasteiger partial charge in [0.1, 0.15) is 17.1 Å². The summed E-state index contributed by atoms with van der Waals surface area (Å²) in [6.45, 7) is 12.1. The Hall–Kier alpha value is -5.57. The molecule has 0 radical (unpaired) electrons. The zero-order chi connectivity index (χ0) is 41.8. The lowest BCUT2D eigenvalue weighted by atomic mass is 9.92. The van der Waals surface area contributed by atoms with E-state index in [2.05, 4.69) is 9.97 Å². The van der Waals surface area contributed by atoms with Gasteiger partial charge in [0, 0.05) is 51.4 Å². The Morgan fingerprint density at radius 3 is 2.18 bits per heavy atom. The molecule has 15 heteroatoms. The molecule has 0 saturated carbocycles. The number of fused-ring (bicyclic) bond motifs is 2. The summed E-state index contributed by atoms with van der Waals surface area (Å²) in [5.74, 6) is -2.48. The summed E-state index contributed by atoms with van der Waals surface area (Å²) >= 11 is 6.74. The van der Waals surface area contributed by atoms with Crippen LogP contribution in [0.3, 0.4) is 0 Å². The standard InChI is InChI=1S/C42H43ClN4O9S/c1-19(2)37(48)35-29(18-45-41(46-35)38(49)20(3)4)34(44)26-17-31(54-8)40(55-9)39-27(26)15-24(56-39)16-28-32-23(7)33(43)22(6)14-30(32)47(36(28)42(50)51)57(52,53)25-12-10-21(5)11-13-25/h10-15,17-20,34H,16,44H2,1-9H3,(H,50,51). The van der Waals surface area contributed by atoms with Crippen molar-refractivity contribution in [2.45, 2.75) is 65.8 Å². The van der Waals surface area contributed by atoms with Crippen molar-refractivity contribution in [2.24, 2.45) is 17.6 Å². The van der Waals surface area contributed by atoms with Crippen LogP contribution in [0.4, 0.5) is 0 Å². The fourth-order valence-corrected chi connectivity index (χ4v) is 8.68. The van der Waals surface area contributed by atoms with Gasteiger partial charge in [0.2, 0.25) is 11.5 Å². The van der Waals surface area contributed by atoms with Crippen molar-refractivity contribution in [2.75, 3.05) is 14.2 Å². The van der Waals surface area contributed by atoms with Crippen molar-refractivity contribution in [1.29, 1.82) is 0 Å². The number of aryl methyl sites for hydroxylation is 3. The van der Waals surface area contributed by atoms with E-state index < -0.39 is 39.6 Å². The summed E-state index contributed by atoms with van der Waals surface area (Å²) in [5, 5.41) is 11.9. The molecule has 0 saturated heterocycles. The molecular weight excluding hydrogens is 772 g/mol. The highest BCUT2D eigenvalue weighted by molar-refractivity contribution is 7.90. The second kappa shape index (κ2) is 15.4. The van der Waals surface area contributed by atoms with Gasteiger partial charge in [0.25, 0.3) is 10.0 Å². The maximum absolute atomic E-state index is 14.4. The van der Waals surface area contributed by atoms with Crippen LogP contribution in [0, 0.1) is 32.6 Å². The van der Waals surface area contributed by atoms with Crippen LogP contribution in [0.2, 0.25) is 5.02 Å². The third-order valence-electron chi connectivity index (χ3n) is 10.0. The Balaban J connectivity index is 1.61. The molecular formula is C42H43ClN4O9S. The van der Waals surface area contributed by atoms with E-state index in [-0.39, 0.29) is 73.9 Å². The van der Waals surface area contributed by atoms with Crippen molar-refractivity contribution < 1.29 is 41.8 Å². The minimum Gasteiger partial charge on any atom is -0.493 e. The first-order chi connectivity index (χ1) is 26.8. The van der Waals surface area contributed by atoms with Gasteiger partial charge in [-0.15, -0.1) is 0 Å². The number of nitrogens with zero attached hydrogens (tertiary/aromatic N) is 3. The summed E-state index contributed by atoms with van der Waals surface area (Å²) in [6.07, 6.45) is 1.18. The van der Waals surface area contributed by atoms with E-state index in [1.807, 2.05) is 6.92 Å². The number of hydrogen-bond donors (Lipinski definition) is 2. The molecule has 6 aromatic rings. The second-order valence-electron chi connectivity index (χ2n) is 14.6. The van der Waals surface area contributed by atoms with Crippen molar-refractivity contribution in [3.05, 3.63) is 110 Å². The number of rotatable bonds is 13. The average molecular weight is 815 g/mol. The minimum atomic E-state index is -4.45. The SMILES string of the molecule is COc1cc(C(N)c2cnc(C(=O)C(C)C)nc2C(=O)C(C)C)c2cc(Cc3c(C(=O)O)n(S(=O)(=O)c4ccc(C)cc4)c4cc(C)c(Cl)c(C)c34)oc2c1OC. The lowest BCUT2D eigenvalue weighted by Crippen LogP contribution is -2.23. The highest BCUT2D eigenvalue weighted by Crippen LogP contribution is 2.44. The topological polar surface area (TPSA) is 194 Å². The highest BCUT2D eigenvalue weighted by atomic mass is 35.5. The Labute approximate surface area is 334 Å². The number of Topliss-reactive ketones (excluding diaryl/α,β-unsaturated/α-hetero) is 2. The zero-order valence-electron chi connectivity index (χ0n) is 33.0. The summed E-state index contributed by atoms with van der Waals surface area (Å²) < 4.78 is 47.4. The van der Waals surface area contributed by atoms with Gasteiger partial charge >= 0.3 is 5.97 Å². The molecule has 1 atom stereocenters. The van der Waals surface area contributed by atoms with Gasteiger partial charge in [-0.3, -0.25) is 9.59 Å². The molecule has 3 heterocycles. The monoisotopic (exact) mass is 814 g/mol. The zero-order valence-corrected chi connectivity index (χ0v) is 34.5. The van der Waals surface area contributed by atoms with E-state index in [1.165, 1.54) is 32.5 Å². The normalized spacial score (nSPS) is 12.5. The number of carbonyl (C=O) groups excluding carboxylic acids is 2. The predicted molar refractivity (Wildman–Crippen MR) is 216 cm³/mol. The maximum Gasteiger partial charge on any atom is 0.353 e. The van der Waals surface area contributed by atoms with Crippen LogP contribution < -0.4 is 15.2 Å². The predicted octanol–water partition coefficient (Wildman–Crippen LogP) is 8.02. The second-order valence-corrected chi connectivity index (χ2v) is 16.8. The first-order valence-corrected chi connectivity index (χ1v) is 19.9. The van der Waals surface area contributed by atoms with E-state index in [0.29, 0.717) is 32.5 Å². The summed E-state index contributed by atoms with van der Waals surface area (Å²) in [6, 6.07) is 9.94. The number of furan rings is 1. The first kappa shape index (κ1) is 41.1. The van der Waals surface area contributed by atoms with Gasteiger partial charge < -0.3 is 24.7 Å². The molecule has 3 aromatic heterocycles. The molecule has 13 nitrogen and oxygen atoms in total. The fraction of sp³-hybridized carbons (Fsp3) is 0.310. The number of carbonyl (C=O) groups is 3. The lowest BCUT2D eigenvalue weighted by Gasteiger charge is -2.19. The fourth-order valence-electron chi connectivity index (χ4n) is 7.01. The highest BCUT2D eigenvalue weighted by Gasteiger charge is 2.34. The van der Waals surface area contributed by atoms with Crippen molar-refractivity contribution in [3.63, 3.8) is 0 Å². The summed E-state index contributed by atoms with van der Waals surface area (Å²) in [4.78, 5) is 48.3. The number of aromatic nitrogens is 3. The molecule has 3 N–H and O–H groups in total. The van der Waals surface area contributed by atoms with E-state index in [9.17, 15) is 27.9 Å². The molecule has 0 fully saturated rings. The van der Waals surface area contributed by atoms with Crippen LogP contribution in [-0.4, -0.2) is 59.2 Å². The Morgan fingerprint density at radius 2 is 1.60 bits per heavy atom. The number of ketones is 2. The number of nitrogens with two attached hydrogens (primary N) is 1. The third-order valence-corrected chi connectivity index (χ3v) is 12.3. The van der Waals surface area contributed by atoms with E-state index in [1.54, 1.807) is 71.9 Å². The molecule has 6 rings (SSSR count). The van der Waals surface area contributed by atoms with E-state index in [0.717, 1.165) is 9.54 Å². The van der Waals surface area contributed by atoms with Crippen LogP contribution in [0.1, 0.15) is 104 Å². The number of ether oxygens (including phenoxy) is 2. The maximum atomic E-state index is 14.4. The van der Waals surface area contributed by atoms with Gasteiger partial charge in [0.15, 0.2) is 22.9 Å². The van der Waals surface area contributed by atoms with Crippen LogP contribution in [0.25, 0.3) is 21.9 Å². The average Bonchev–Trinajstić information content (AvgIpc) is 3.74. The Kier molecular flexibility index (Phi) is 11.1. The van der Waals surface area contributed by atoms with Crippen molar-refractivity contribution in [1.82, 2.24) is 13.9 Å². The number of benzene rings is 3. The number of methoxy groups -OCH3 is 2. The number of aromatic carboxylic acids is 1. The van der Waals surface area contributed by atoms with Gasteiger partial charge in [-0.2, -0.15) is 0 Å². The molecule has 3 aromatic carbocycles. The molecule has 0 aliphatic rings. The molecule has 57 heavy (non-hydrogen) atoms. The molecule has 0 aliphatic carbocycles. The largest absolute Gasteiger partial charge is 0.493 e. The van der Waals surface area contributed by atoms with Crippen LogP contribution in [-0.2, 0) is 16.4 Å². The smallest absolute Gasteiger partial charge is 0.353 e. The number of halogens is 1. The third kappa shape index (κ3) is 7.06. The molecule has 298 valence electrons. The Morgan fingerprint density at radius 1 is 0.947 bits per heavy atom. The summed E-state index contributed by atoms with van der Waals surface area (Å²) in [7, 11) is -1.59. The lowest BCUT2D eigenvalue weighted by molar-refractivity contribution is 0.0688. The van der Waals surface area contributed by atoms with E-state index in [4.69, 9.17) is 31.2 Å². The van der Waals surface area contributed by atoms with Gasteiger partial charge in [-0.1, -0.05) is 57.0 Å². The van der Waals surface area contributed by atoms with Gasteiger partial charge in [-0.05, 0) is 67.8 Å². The minimum absolute atomic E-state index is 0.000467. The first-order valence-electron chi connectivity index (χ1n) is 18.1. The number of carboxylic acids is 1. The van der Waals surface area contributed by atoms with Gasteiger partial charge in [-0.25, -0.2) is 27.2 Å². The van der Waals surface area contributed by atoms with Crippen LogP contribution >= 0.6 is 11.6 Å². The van der Waals surface area contributed by atoms with Gasteiger partial charge in [0.05, 0.1) is 30.7 Å². The van der Waals surface area contributed by atoms with Crippen molar-refractivity contribution in [3.8, 4) is 11.5 Å². The van der Waals surface area contributed by atoms with Crippen LogP contribution in [0.15, 0.2) is 58.0 Å². The molecule has 0 aliphatic heterocycles. The molecule has 0 amide bonds. The molecule has 0 spiro atoms. The van der Waals surface area contributed by atoms with E-state index >= 15 is 0 Å². The molecule has 0 bridgehead atoms. The number of hydrogen-bond acceptors (Lipinski definition) is 11. The molecule has 1 unspecified atom stereocenters. The van der Waals surface area contributed by atoms with Crippen molar-refractivity contribution >= 4 is 61.0 Å². The number of carboxylic acid groups (broad SMARTS) is 1. The Bertz CT molecular complexity index is 2730. The summed E-state index contributed by atoms with van der Waals surface area (Å²) in [5.41, 5.74) is 9.51. The quantitative estimate of drug-likeness (QED) is 0.107. The van der Waals surface area contributed by atoms with Crippen LogP contribution in [0.5, 0.6) is 11.5 Å².